The molecule has 0 atom stereocenters. The van der Waals surface area contributed by atoms with Gasteiger partial charge in [-0.05, 0) is 12.1 Å². The zero-order valence-corrected chi connectivity index (χ0v) is 8.87. The van der Waals surface area contributed by atoms with Gasteiger partial charge in [0, 0.05) is 29.3 Å². The molecule has 0 heterocycles. The van der Waals surface area contributed by atoms with Crippen LogP contribution >= 0.6 is 11.6 Å². The van der Waals surface area contributed by atoms with Crippen LogP contribution in [0.25, 0.3) is 4.85 Å². The summed E-state index contributed by atoms with van der Waals surface area (Å²) in [6.07, 6.45) is 1.41. The van der Waals surface area contributed by atoms with Gasteiger partial charge in [0.25, 0.3) is 0 Å². The Morgan fingerprint density at radius 2 is 2.20 bits per heavy atom. The number of nitrogens with zero attached hydrogens (tertiary/aromatic N) is 1. The fourth-order valence-electron chi connectivity index (χ4n) is 1.78. The summed E-state index contributed by atoms with van der Waals surface area (Å²) in [5, 5.41) is 0.585. The van der Waals surface area contributed by atoms with Gasteiger partial charge in [0.1, 0.15) is 0 Å². The highest BCUT2D eigenvalue weighted by Gasteiger charge is 2.39. The molecule has 0 radical (unpaired) electrons. The van der Waals surface area contributed by atoms with E-state index in [1.807, 2.05) is 0 Å². The van der Waals surface area contributed by atoms with Crippen LogP contribution in [0.4, 0.5) is 0 Å². The van der Waals surface area contributed by atoms with Crippen molar-refractivity contribution in [1.29, 1.82) is 0 Å². The quantitative estimate of drug-likeness (QED) is 0.553. The summed E-state index contributed by atoms with van der Waals surface area (Å²) >= 11 is 5.81. The molecule has 1 aromatic rings. The molecule has 0 aliphatic heterocycles. The highest BCUT2D eigenvalue weighted by Crippen LogP contribution is 2.33. The number of carbonyl (C=O) groups excluding carboxylic acids is 1. The van der Waals surface area contributed by atoms with Gasteiger partial charge in [0.15, 0.2) is 5.78 Å². The lowest BCUT2D eigenvalue weighted by Crippen LogP contribution is -2.32. The smallest absolute Gasteiger partial charge is 0.225 e. The van der Waals surface area contributed by atoms with Gasteiger partial charge in [0.05, 0.1) is 0 Å². The molecule has 0 saturated heterocycles. The number of hydrogen-bond donors (Lipinski definition) is 0. The molecule has 1 aliphatic rings. The molecule has 0 unspecified atom stereocenters. The molecule has 0 spiro atoms. The second-order valence-corrected chi connectivity index (χ2v) is 4.26. The minimum Gasteiger partial charge on any atom is -0.314 e. The van der Waals surface area contributed by atoms with Crippen LogP contribution in [0.15, 0.2) is 24.3 Å². The van der Waals surface area contributed by atoms with Gasteiger partial charge < -0.3 is 4.85 Å². The third-order valence-corrected chi connectivity index (χ3v) is 3.01. The summed E-state index contributed by atoms with van der Waals surface area (Å²) < 4.78 is 0. The van der Waals surface area contributed by atoms with E-state index in [1.54, 1.807) is 24.3 Å². The van der Waals surface area contributed by atoms with Gasteiger partial charge in [-0.1, -0.05) is 23.7 Å². The number of benzene rings is 1. The Bertz CT molecular complexity index is 429. The Kier molecular flexibility index (Phi) is 2.75. The highest BCUT2D eigenvalue weighted by atomic mass is 35.5. The Morgan fingerprint density at radius 3 is 2.80 bits per heavy atom. The molecule has 2 rings (SSSR count). The predicted octanol–water partition coefficient (Wildman–Crippen LogP) is 3.22. The van der Waals surface area contributed by atoms with Gasteiger partial charge in [-0.3, -0.25) is 4.79 Å². The van der Waals surface area contributed by atoms with Crippen molar-refractivity contribution in [2.45, 2.75) is 18.9 Å². The second kappa shape index (κ2) is 4.04. The molecule has 0 N–H and O–H groups in total. The first kappa shape index (κ1) is 10.2. The number of halogens is 1. The molecule has 1 aliphatic carbocycles. The van der Waals surface area contributed by atoms with Crippen LogP contribution in [-0.4, -0.2) is 11.8 Å². The molecule has 3 heteroatoms. The van der Waals surface area contributed by atoms with Crippen LogP contribution in [0.1, 0.15) is 23.2 Å². The van der Waals surface area contributed by atoms with Crippen molar-refractivity contribution < 1.29 is 4.79 Å². The Labute approximate surface area is 93.7 Å². The van der Waals surface area contributed by atoms with Crippen molar-refractivity contribution in [3.05, 3.63) is 46.3 Å². The molecular weight excluding hydrogens is 210 g/mol. The van der Waals surface area contributed by atoms with Crippen molar-refractivity contribution in [2.24, 2.45) is 5.92 Å². The lowest BCUT2D eigenvalue weighted by atomic mass is 9.76. The standard InChI is InChI=1S/C12H10ClNO/c1-14-11-6-9(7-11)12(15)8-3-2-4-10(13)5-8/h2-5,9,11H,6-7H2. The SMILES string of the molecule is [C-]#[N+]C1CC(C(=O)c2cccc(Cl)c2)C1. The second-order valence-electron chi connectivity index (χ2n) is 3.83. The number of ketones is 1. The minimum absolute atomic E-state index is 0.0302. The summed E-state index contributed by atoms with van der Waals surface area (Å²) in [4.78, 5) is 15.3. The molecule has 0 aromatic heterocycles. The normalized spacial score (nSPS) is 24.0. The number of carbonyl (C=O) groups is 1. The third-order valence-electron chi connectivity index (χ3n) is 2.78. The van der Waals surface area contributed by atoms with Crippen molar-refractivity contribution in [3.63, 3.8) is 0 Å². The molecule has 1 aromatic carbocycles. The molecule has 1 fully saturated rings. The molecule has 76 valence electrons. The number of rotatable bonds is 2. The van der Waals surface area contributed by atoms with Crippen LogP contribution in [0.5, 0.6) is 0 Å². The minimum atomic E-state index is 0.0302. The Balaban J connectivity index is 2.07. The van der Waals surface area contributed by atoms with E-state index < -0.39 is 0 Å². The zero-order chi connectivity index (χ0) is 10.8. The molecule has 2 nitrogen and oxygen atoms in total. The fourth-order valence-corrected chi connectivity index (χ4v) is 1.98. The summed E-state index contributed by atoms with van der Waals surface area (Å²) in [5.74, 6) is 0.153. The largest absolute Gasteiger partial charge is 0.314 e. The molecule has 0 amide bonds. The van der Waals surface area contributed by atoms with Gasteiger partial charge in [0.2, 0.25) is 6.04 Å². The maximum atomic E-state index is 11.9. The van der Waals surface area contributed by atoms with Crippen LogP contribution in [0.3, 0.4) is 0 Å². The first-order valence-electron chi connectivity index (χ1n) is 4.87. The van der Waals surface area contributed by atoms with E-state index >= 15 is 0 Å². The lowest BCUT2D eigenvalue weighted by Gasteiger charge is -2.25. The van der Waals surface area contributed by atoms with Gasteiger partial charge in [-0.25, -0.2) is 6.57 Å². The third kappa shape index (κ3) is 2.03. The van der Waals surface area contributed by atoms with Gasteiger partial charge >= 0.3 is 0 Å². The maximum absolute atomic E-state index is 11.9. The van der Waals surface area contributed by atoms with E-state index in [0.717, 1.165) is 0 Å². The summed E-state index contributed by atoms with van der Waals surface area (Å²) in [5.41, 5.74) is 0.663. The first-order valence-corrected chi connectivity index (χ1v) is 5.25. The zero-order valence-electron chi connectivity index (χ0n) is 8.11. The van der Waals surface area contributed by atoms with E-state index in [-0.39, 0.29) is 17.7 Å². The van der Waals surface area contributed by atoms with E-state index in [2.05, 4.69) is 4.85 Å². The van der Waals surface area contributed by atoms with E-state index in [0.29, 0.717) is 23.4 Å². The van der Waals surface area contributed by atoms with Crippen LogP contribution < -0.4 is 0 Å². The van der Waals surface area contributed by atoms with E-state index in [4.69, 9.17) is 18.2 Å². The van der Waals surface area contributed by atoms with Crippen molar-refractivity contribution in [3.8, 4) is 0 Å². The average Bonchev–Trinajstić information content (AvgIpc) is 2.16. The Hall–Kier alpha value is -1.33. The average molecular weight is 220 g/mol. The van der Waals surface area contributed by atoms with E-state index in [1.165, 1.54) is 0 Å². The van der Waals surface area contributed by atoms with Gasteiger partial charge in [-0.2, -0.15) is 0 Å². The summed E-state index contributed by atoms with van der Waals surface area (Å²) in [6.45, 7) is 6.82. The molecule has 0 bridgehead atoms. The monoisotopic (exact) mass is 219 g/mol. The van der Waals surface area contributed by atoms with Crippen LogP contribution in [0, 0.1) is 12.5 Å². The number of hydrogen-bond acceptors (Lipinski definition) is 1. The van der Waals surface area contributed by atoms with Gasteiger partial charge in [-0.15, -0.1) is 0 Å². The predicted molar refractivity (Wildman–Crippen MR) is 58.9 cm³/mol. The molecular formula is C12H10ClNO. The molecule has 15 heavy (non-hydrogen) atoms. The van der Waals surface area contributed by atoms with Crippen molar-refractivity contribution in [1.82, 2.24) is 0 Å². The van der Waals surface area contributed by atoms with Crippen molar-refractivity contribution in [2.75, 3.05) is 0 Å². The van der Waals surface area contributed by atoms with Crippen molar-refractivity contribution >= 4 is 17.4 Å². The lowest BCUT2D eigenvalue weighted by molar-refractivity contribution is 0.0848. The molecule has 1 saturated carbocycles. The highest BCUT2D eigenvalue weighted by molar-refractivity contribution is 6.31. The Morgan fingerprint density at radius 1 is 1.47 bits per heavy atom. The van der Waals surface area contributed by atoms with Crippen LogP contribution in [-0.2, 0) is 0 Å². The van der Waals surface area contributed by atoms with E-state index in [9.17, 15) is 4.79 Å². The topological polar surface area (TPSA) is 21.4 Å². The number of Topliss-reactive ketones (excluding diaryl/α,β-unsaturated/α-hetero) is 1. The van der Waals surface area contributed by atoms with Crippen LogP contribution in [0.2, 0.25) is 5.02 Å². The first-order chi connectivity index (χ1) is 7.20. The maximum Gasteiger partial charge on any atom is 0.225 e. The summed E-state index contributed by atoms with van der Waals surface area (Å²) in [6, 6.07) is 7.05. The summed E-state index contributed by atoms with van der Waals surface area (Å²) in [7, 11) is 0. The fraction of sp³-hybridized carbons (Fsp3) is 0.333.